The van der Waals surface area contributed by atoms with Crippen molar-refractivity contribution in [3.63, 3.8) is 0 Å². The Kier molecular flexibility index (Phi) is 2.68. The Morgan fingerprint density at radius 3 is 3.10 bits per heavy atom. The monoisotopic (exact) mass is 144 g/mol. The Bertz CT molecular complexity index is 119. The van der Waals surface area contributed by atoms with Crippen molar-refractivity contribution >= 4 is 5.97 Å². The number of ether oxygens (including phenoxy) is 1. The summed E-state index contributed by atoms with van der Waals surface area (Å²) in [6, 6.07) is 0.493. The molecule has 1 atom stereocenters. The average Bonchev–Trinajstić information content (AvgIpc) is 2.40. The molecule has 1 saturated heterocycles. The fourth-order valence-electron chi connectivity index (χ4n) is 1.33. The van der Waals surface area contributed by atoms with Gasteiger partial charge in [-0.2, -0.15) is 0 Å². The lowest BCUT2D eigenvalue weighted by atomic mass is 10.2. The van der Waals surface area contributed by atoms with Crippen LogP contribution in [-0.4, -0.2) is 25.7 Å². The Morgan fingerprint density at radius 1 is 1.80 bits per heavy atom. The highest BCUT2D eigenvalue weighted by atomic mass is 16.5. The SMILES string of the molecule is COC(=O)CC1CCC[NH2+]1. The third-order valence-corrected chi connectivity index (χ3v) is 1.94. The van der Waals surface area contributed by atoms with Gasteiger partial charge >= 0.3 is 5.97 Å². The maximum atomic E-state index is 10.7. The fourth-order valence-corrected chi connectivity index (χ4v) is 1.33. The molecule has 0 aromatic rings. The molecular weight excluding hydrogens is 130 g/mol. The van der Waals surface area contributed by atoms with E-state index in [4.69, 9.17) is 0 Å². The minimum atomic E-state index is -0.0804. The average molecular weight is 144 g/mol. The van der Waals surface area contributed by atoms with Crippen molar-refractivity contribution in [1.82, 2.24) is 0 Å². The zero-order valence-electron chi connectivity index (χ0n) is 6.30. The molecule has 10 heavy (non-hydrogen) atoms. The predicted octanol–water partition coefficient (Wildman–Crippen LogP) is -0.725. The van der Waals surface area contributed by atoms with E-state index in [0.717, 1.165) is 6.42 Å². The molecule has 1 heterocycles. The van der Waals surface area contributed by atoms with Gasteiger partial charge in [0.05, 0.1) is 26.1 Å². The van der Waals surface area contributed by atoms with E-state index >= 15 is 0 Å². The molecule has 0 saturated carbocycles. The molecule has 0 spiro atoms. The van der Waals surface area contributed by atoms with Crippen LogP contribution in [-0.2, 0) is 9.53 Å². The normalized spacial score (nSPS) is 24.7. The van der Waals surface area contributed by atoms with Crippen LogP contribution < -0.4 is 5.32 Å². The molecule has 2 N–H and O–H groups in total. The van der Waals surface area contributed by atoms with Crippen LogP contribution in [0.15, 0.2) is 0 Å². The van der Waals surface area contributed by atoms with E-state index in [1.165, 1.54) is 20.1 Å². The fraction of sp³-hybridized carbons (Fsp3) is 0.857. The first kappa shape index (κ1) is 7.54. The van der Waals surface area contributed by atoms with E-state index in [0.29, 0.717) is 12.5 Å². The summed E-state index contributed by atoms with van der Waals surface area (Å²) in [6.07, 6.45) is 2.98. The van der Waals surface area contributed by atoms with Gasteiger partial charge < -0.3 is 10.1 Å². The van der Waals surface area contributed by atoms with Gasteiger partial charge in [-0.1, -0.05) is 0 Å². The Morgan fingerprint density at radius 2 is 2.60 bits per heavy atom. The lowest BCUT2D eigenvalue weighted by Gasteiger charge is -2.03. The lowest BCUT2D eigenvalue weighted by Crippen LogP contribution is -2.86. The number of nitrogens with two attached hydrogens (primary N) is 1. The van der Waals surface area contributed by atoms with E-state index in [-0.39, 0.29) is 5.97 Å². The van der Waals surface area contributed by atoms with Crippen LogP contribution in [0.3, 0.4) is 0 Å². The van der Waals surface area contributed by atoms with Crippen molar-refractivity contribution < 1.29 is 14.8 Å². The largest absolute Gasteiger partial charge is 0.469 e. The third kappa shape index (κ3) is 1.99. The first-order valence-corrected chi connectivity index (χ1v) is 3.73. The van der Waals surface area contributed by atoms with Crippen molar-refractivity contribution in [3.8, 4) is 0 Å². The van der Waals surface area contributed by atoms with Gasteiger partial charge in [0.2, 0.25) is 0 Å². The van der Waals surface area contributed by atoms with E-state index in [9.17, 15) is 4.79 Å². The summed E-state index contributed by atoms with van der Waals surface area (Å²) < 4.78 is 4.55. The van der Waals surface area contributed by atoms with Gasteiger partial charge in [-0.15, -0.1) is 0 Å². The summed E-state index contributed by atoms with van der Waals surface area (Å²) in [5.41, 5.74) is 0. The number of carbonyl (C=O) groups excluding carboxylic acids is 1. The van der Waals surface area contributed by atoms with Crippen LogP contribution >= 0.6 is 0 Å². The Hall–Kier alpha value is -0.570. The highest BCUT2D eigenvalue weighted by Crippen LogP contribution is 2.01. The van der Waals surface area contributed by atoms with Gasteiger partial charge in [-0.25, -0.2) is 0 Å². The molecule has 1 fully saturated rings. The van der Waals surface area contributed by atoms with Crippen LogP contribution in [0.4, 0.5) is 0 Å². The van der Waals surface area contributed by atoms with E-state index < -0.39 is 0 Å². The second-order valence-corrected chi connectivity index (χ2v) is 2.71. The molecule has 3 heteroatoms. The number of methoxy groups -OCH3 is 1. The molecular formula is C7H14NO2+. The smallest absolute Gasteiger partial charge is 0.311 e. The molecule has 1 rings (SSSR count). The highest BCUT2D eigenvalue weighted by Gasteiger charge is 2.21. The van der Waals surface area contributed by atoms with Gasteiger partial charge in [0.1, 0.15) is 0 Å². The van der Waals surface area contributed by atoms with Crippen molar-refractivity contribution in [2.75, 3.05) is 13.7 Å². The van der Waals surface area contributed by atoms with E-state index in [1.54, 1.807) is 0 Å². The molecule has 58 valence electrons. The summed E-state index contributed by atoms with van der Waals surface area (Å²) in [5, 5.41) is 2.22. The minimum Gasteiger partial charge on any atom is -0.469 e. The van der Waals surface area contributed by atoms with Crippen LogP contribution in [0.5, 0.6) is 0 Å². The molecule has 0 aromatic carbocycles. The predicted molar refractivity (Wildman–Crippen MR) is 36.4 cm³/mol. The van der Waals surface area contributed by atoms with Gasteiger partial charge in [0.15, 0.2) is 0 Å². The number of quaternary nitrogens is 1. The van der Waals surface area contributed by atoms with Crippen LogP contribution in [0.25, 0.3) is 0 Å². The first-order valence-electron chi connectivity index (χ1n) is 3.73. The number of carbonyl (C=O) groups is 1. The third-order valence-electron chi connectivity index (χ3n) is 1.94. The van der Waals surface area contributed by atoms with Gasteiger partial charge in [0.25, 0.3) is 0 Å². The van der Waals surface area contributed by atoms with Crippen molar-refractivity contribution in [2.45, 2.75) is 25.3 Å². The molecule has 1 aliphatic rings. The molecule has 0 aromatic heterocycles. The van der Waals surface area contributed by atoms with Crippen molar-refractivity contribution in [3.05, 3.63) is 0 Å². The topological polar surface area (TPSA) is 42.9 Å². The molecule has 3 nitrogen and oxygen atoms in total. The summed E-state index contributed by atoms with van der Waals surface area (Å²) >= 11 is 0. The molecule has 1 aliphatic heterocycles. The number of esters is 1. The van der Waals surface area contributed by atoms with Crippen LogP contribution in [0, 0.1) is 0 Å². The standard InChI is InChI=1S/C7H13NO2/c1-10-7(9)5-6-3-2-4-8-6/h6,8H,2-5H2,1H3/p+1. The summed E-state index contributed by atoms with van der Waals surface area (Å²) in [5.74, 6) is -0.0804. The van der Waals surface area contributed by atoms with Gasteiger partial charge in [-0.05, 0) is 0 Å². The summed E-state index contributed by atoms with van der Waals surface area (Å²) in [6.45, 7) is 1.17. The van der Waals surface area contributed by atoms with Crippen LogP contribution in [0.2, 0.25) is 0 Å². The minimum absolute atomic E-state index is 0.0804. The zero-order valence-corrected chi connectivity index (χ0v) is 6.30. The first-order chi connectivity index (χ1) is 4.83. The van der Waals surface area contributed by atoms with Crippen LogP contribution in [0.1, 0.15) is 19.3 Å². The van der Waals surface area contributed by atoms with E-state index in [1.807, 2.05) is 0 Å². The molecule has 1 unspecified atom stereocenters. The second-order valence-electron chi connectivity index (χ2n) is 2.71. The quantitative estimate of drug-likeness (QED) is 0.519. The second kappa shape index (κ2) is 3.56. The molecule has 0 amide bonds. The Labute approximate surface area is 60.7 Å². The Balaban J connectivity index is 2.17. The maximum Gasteiger partial charge on any atom is 0.311 e. The lowest BCUT2D eigenvalue weighted by molar-refractivity contribution is -0.669. The van der Waals surface area contributed by atoms with Gasteiger partial charge in [-0.3, -0.25) is 4.79 Å². The summed E-state index contributed by atoms with van der Waals surface area (Å²) in [7, 11) is 1.44. The number of hydrogen-bond acceptors (Lipinski definition) is 2. The number of rotatable bonds is 2. The van der Waals surface area contributed by atoms with Crippen molar-refractivity contribution in [1.29, 1.82) is 0 Å². The zero-order chi connectivity index (χ0) is 7.40. The molecule has 0 aliphatic carbocycles. The van der Waals surface area contributed by atoms with Crippen molar-refractivity contribution in [2.24, 2.45) is 0 Å². The summed E-state index contributed by atoms with van der Waals surface area (Å²) in [4.78, 5) is 10.7. The molecule has 0 radical (unpaired) electrons. The van der Waals surface area contributed by atoms with Gasteiger partial charge in [0, 0.05) is 12.8 Å². The molecule has 0 bridgehead atoms. The maximum absolute atomic E-state index is 10.7. The highest BCUT2D eigenvalue weighted by molar-refractivity contribution is 5.69. The number of hydrogen-bond donors (Lipinski definition) is 1. The van der Waals surface area contributed by atoms with E-state index in [2.05, 4.69) is 10.1 Å².